The highest BCUT2D eigenvalue weighted by Crippen LogP contribution is 2.42. The van der Waals surface area contributed by atoms with Gasteiger partial charge in [-0.25, -0.2) is 0 Å². The summed E-state index contributed by atoms with van der Waals surface area (Å²) in [5, 5.41) is 10.4. The van der Waals surface area contributed by atoms with Crippen LogP contribution in [0.15, 0.2) is 170 Å². The van der Waals surface area contributed by atoms with Gasteiger partial charge in [0.15, 0.2) is 0 Å². The van der Waals surface area contributed by atoms with Gasteiger partial charge in [0.25, 0.3) is 0 Å². The fraction of sp³-hybridized carbons (Fsp3) is 0.0980. The number of hydrogen-bond acceptors (Lipinski definition) is 1. The summed E-state index contributed by atoms with van der Waals surface area (Å²) in [4.78, 5) is 2.46. The second kappa shape index (κ2) is 12.5. The lowest BCUT2D eigenvalue weighted by atomic mass is 9.89. The van der Waals surface area contributed by atoms with Gasteiger partial charge in [0.05, 0.1) is 0 Å². The van der Waals surface area contributed by atoms with Crippen molar-refractivity contribution in [1.82, 2.24) is 0 Å². The van der Waals surface area contributed by atoms with Gasteiger partial charge >= 0.3 is 0 Å². The Balaban J connectivity index is 1.06. The summed E-state index contributed by atoms with van der Waals surface area (Å²) in [6.45, 7) is 2.28. The molecule has 1 heteroatoms. The molecule has 52 heavy (non-hydrogen) atoms. The Kier molecular flexibility index (Phi) is 7.39. The monoisotopic (exact) mass is 665 g/mol. The van der Waals surface area contributed by atoms with Crippen molar-refractivity contribution in [2.24, 2.45) is 0 Å². The molecule has 9 aromatic carbocycles. The first kappa shape index (κ1) is 30.6. The highest BCUT2D eigenvalue weighted by molar-refractivity contribution is 6.25. The van der Waals surface area contributed by atoms with Gasteiger partial charge in [-0.15, -0.1) is 0 Å². The first-order valence-corrected chi connectivity index (χ1v) is 18.6. The maximum Gasteiger partial charge on any atom is 0.0493 e. The number of aryl methyl sites for hydroxylation is 3. The van der Waals surface area contributed by atoms with Crippen LogP contribution in [0.5, 0.6) is 0 Å². The lowest BCUT2D eigenvalue weighted by molar-refractivity contribution is 0.685. The lowest BCUT2D eigenvalue weighted by Crippen LogP contribution is -2.13. The average molecular weight is 666 g/mol. The smallest absolute Gasteiger partial charge is 0.0493 e. The third kappa shape index (κ3) is 5.24. The summed E-state index contributed by atoms with van der Waals surface area (Å²) >= 11 is 0. The third-order valence-electron chi connectivity index (χ3n) is 11.3. The molecule has 0 saturated heterocycles. The van der Waals surface area contributed by atoms with Crippen LogP contribution in [-0.2, 0) is 12.8 Å². The summed E-state index contributed by atoms with van der Waals surface area (Å²) in [5.41, 5.74) is 12.8. The number of hydrogen-bond donors (Lipinski definition) is 0. The molecule has 1 aliphatic carbocycles. The standard InChI is InChI=1S/C51H39N/c1-34-30-38-11-4-5-13-40(38)33-51(34)52(43-25-20-36(21-26-43)41-19-18-35-10-2-3-12-39(35)31-41)44-27-22-37(23-28-44)42-24-29-49-47-16-7-6-14-45(47)46-15-8-9-17-48(46)50(49)32-42/h2-3,6-10,12,14-33H,4-5,11,13H2,1H3. The van der Waals surface area contributed by atoms with E-state index in [1.165, 1.54) is 118 Å². The molecule has 0 aliphatic heterocycles. The number of benzene rings is 9. The molecule has 0 fully saturated rings. The van der Waals surface area contributed by atoms with E-state index in [1.807, 2.05) is 0 Å². The van der Waals surface area contributed by atoms with Gasteiger partial charge in [0.1, 0.15) is 0 Å². The largest absolute Gasteiger partial charge is 0.310 e. The SMILES string of the molecule is Cc1cc2c(cc1N(c1ccc(-c3ccc4ccccc4c3)cc1)c1ccc(-c3ccc4c5ccccc5c5ccccc5c4c3)cc1)CCCC2. The van der Waals surface area contributed by atoms with Gasteiger partial charge in [-0.1, -0.05) is 127 Å². The number of rotatable bonds is 5. The minimum absolute atomic E-state index is 1.15. The number of anilines is 3. The molecule has 10 rings (SSSR count). The second-order valence-electron chi connectivity index (χ2n) is 14.5. The molecule has 0 saturated carbocycles. The normalized spacial score (nSPS) is 12.8. The van der Waals surface area contributed by atoms with Crippen molar-refractivity contribution in [1.29, 1.82) is 0 Å². The van der Waals surface area contributed by atoms with E-state index in [2.05, 4.69) is 182 Å². The Morgan fingerprint density at radius 1 is 0.365 bits per heavy atom. The van der Waals surface area contributed by atoms with Crippen LogP contribution in [0.1, 0.15) is 29.5 Å². The molecular formula is C51H39N. The molecule has 0 atom stereocenters. The minimum atomic E-state index is 1.15. The molecule has 0 heterocycles. The van der Waals surface area contributed by atoms with E-state index in [0.717, 1.165) is 6.42 Å². The fourth-order valence-corrected chi connectivity index (χ4v) is 8.63. The van der Waals surface area contributed by atoms with E-state index in [-0.39, 0.29) is 0 Å². The molecule has 0 amide bonds. The Bertz CT molecular complexity index is 2750. The van der Waals surface area contributed by atoms with Crippen molar-refractivity contribution < 1.29 is 0 Å². The van der Waals surface area contributed by atoms with Gasteiger partial charge in [0.2, 0.25) is 0 Å². The molecule has 0 bridgehead atoms. The van der Waals surface area contributed by atoms with Crippen molar-refractivity contribution in [3.8, 4) is 22.3 Å². The van der Waals surface area contributed by atoms with Crippen LogP contribution in [0.4, 0.5) is 17.1 Å². The molecule has 0 radical (unpaired) electrons. The second-order valence-corrected chi connectivity index (χ2v) is 14.5. The van der Waals surface area contributed by atoms with Gasteiger partial charge in [-0.2, -0.15) is 0 Å². The van der Waals surface area contributed by atoms with Crippen LogP contribution in [0.3, 0.4) is 0 Å². The van der Waals surface area contributed by atoms with E-state index in [0.29, 0.717) is 0 Å². The molecule has 0 aromatic heterocycles. The van der Waals surface area contributed by atoms with Crippen molar-refractivity contribution in [2.75, 3.05) is 4.90 Å². The fourth-order valence-electron chi connectivity index (χ4n) is 8.63. The number of nitrogens with zero attached hydrogens (tertiary/aromatic N) is 1. The van der Waals surface area contributed by atoms with E-state index in [9.17, 15) is 0 Å². The van der Waals surface area contributed by atoms with Crippen molar-refractivity contribution in [3.05, 3.63) is 187 Å². The first-order chi connectivity index (χ1) is 25.7. The predicted molar refractivity (Wildman–Crippen MR) is 223 cm³/mol. The predicted octanol–water partition coefficient (Wildman–Crippen LogP) is 14.3. The molecule has 0 spiro atoms. The van der Waals surface area contributed by atoms with E-state index < -0.39 is 0 Å². The molecule has 0 N–H and O–H groups in total. The molecule has 0 unspecified atom stereocenters. The number of fused-ring (bicyclic) bond motifs is 8. The molecule has 248 valence electrons. The Morgan fingerprint density at radius 3 is 1.44 bits per heavy atom. The maximum absolute atomic E-state index is 2.47. The van der Waals surface area contributed by atoms with Crippen molar-refractivity contribution >= 4 is 60.2 Å². The van der Waals surface area contributed by atoms with Gasteiger partial charge in [-0.05, 0) is 157 Å². The summed E-state index contributed by atoms with van der Waals surface area (Å²) in [6.07, 6.45) is 4.89. The van der Waals surface area contributed by atoms with Gasteiger partial charge in [-0.3, -0.25) is 0 Å². The zero-order chi connectivity index (χ0) is 34.6. The summed E-state index contributed by atoms with van der Waals surface area (Å²) in [7, 11) is 0. The minimum Gasteiger partial charge on any atom is -0.310 e. The van der Waals surface area contributed by atoms with E-state index in [1.54, 1.807) is 0 Å². The maximum atomic E-state index is 2.47. The third-order valence-corrected chi connectivity index (χ3v) is 11.3. The van der Waals surface area contributed by atoms with Crippen LogP contribution < -0.4 is 4.90 Å². The van der Waals surface area contributed by atoms with Gasteiger partial charge < -0.3 is 4.90 Å². The zero-order valence-corrected chi connectivity index (χ0v) is 29.4. The van der Waals surface area contributed by atoms with Crippen LogP contribution in [-0.4, -0.2) is 0 Å². The van der Waals surface area contributed by atoms with Crippen LogP contribution in [0.2, 0.25) is 0 Å². The first-order valence-electron chi connectivity index (χ1n) is 18.6. The summed E-state index contributed by atoms with van der Waals surface area (Å²) in [6, 6.07) is 63.2. The zero-order valence-electron chi connectivity index (χ0n) is 29.4. The summed E-state index contributed by atoms with van der Waals surface area (Å²) in [5.74, 6) is 0. The Labute approximate surface area is 305 Å². The average Bonchev–Trinajstić information content (AvgIpc) is 3.21. The van der Waals surface area contributed by atoms with Crippen LogP contribution in [0.25, 0.3) is 65.3 Å². The molecule has 1 aliphatic rings. The van der Waals surface area contributed by atoms with Crippen LogP contribution in [0, 0.1) is 6.92 Å². The van der Waals surface area contributed by atoms with Crippen molar-refractivity contribution in [3.63, 3.8) is 0 Å². The van der Waals surface area contributed by atoms with E-state index >= 15 is 0 Å². The Morgan fingerprint density at radius 2 is 0.827 bits per heavy atom. The lowest BCUT2D eigenvalue weighted by Gasteiger charge is -2.29. The molecule has 9 aromatic rings. The molecule has 1 nitrogen and oxygen atoms in total. The van der Waals surface area contributed by atoms with Gasteiger partial charge in [0, 0.05) is 17.1 Å². The van der Waals surface area contributed by atoms with E-state index in [4.69, 9.17) is 0 Å². The quantitative estimate of drug-likeness (QED) is 0.165. The highest BCUT2D eigenvalue weighted by Gasteiger charge is 2.19. The van der Waals surface area contributed by atoms with Crippen LogP contribution >= 0.6 is 0 Å². The Hall–Kier alpha value is -6.18. The van der Waals surface area contributed by atoms with Crippen molar-refractivity contribution in [2.45, 2.75) is 32.6 Å². The topological polar surface area (TPSA) is 3.24 Å². The molecular weight excluding hydrogens is 627 g/mol. The highest BCUT2D eigenvalue weighted by atomic mass is 15.1. The summed E-state index contributed by atoms with van der Waals surface area (Å²) < 4.78 is 0.